The van der Waals surface area contributed by atoms with Crippen LogP contribution in [0.1, 0.15) is 23.2 Å². The molecule has 3 heteroatoms. The van der Waals surface area contributed by atoms with Crippen molar-refractivity contribution in [2.24, 2.45) is 0 Å². The van der Waals surface area contributed by atoms with E-state index in [1.807, 2.05) is 48.5 Å². The lowest BCUT2D eigenvalue weighted by atomic mass is 10.0. The van der Waals surface area contributed by atoms with Crippen molar-refractivity contribution in [3.05, 3.63) is 78.4 Å². The van der Waals surface area contributed by atoms with E-state index in [2.05, 4.69) is 34.5 Å². The maximum absolute atomic E-state index is 12.7. The summed E-state index contributed by atoms with van der Waals surface area (Å²) in [6, 6.07) is 24.8. The Morgan fingerprint density at radius 1 is 0.960 bits per heavy atom. The Kier molecular flexibility index (Phi) is 4.38. The molecular weight excluding hydrogens is 308 g/mol. The number of rotatable bonds is 4. The lowest BCUT2D eigenvalue weighted by Crippen LogP contribution is -2.40. The summed E-state index contributed by atoms with van der Waals surface area (Å²) in [5.41, 5.74) is 1.99. The van der Waals surface area contributed by atoms with Gasteiger partial charge in [0.1, 0.15) is 0 Å². The van der Waals surface area contributed by atoms with Gasteiger partial charge in [0.2, 0.25) is 0 Å². The molecule has 0 radical (unpaired) electrons. The van der Waals surface area contributed by atoms with Crippen molar-refractivity contribution >= 4 is 22.4 Å². The Labute approximate surface area is 148 Å². The first-order valence-corrected chi connectivity index (χ1v) is 8.90. The minimum atomic E-state index is 0.0108. The Morgan fingerprint density at radius 3 is 2.60 bits per heavy atom. The molecule has 0 unspecified atom stereocenters. The number of para-hydroxylation sites is 1. The van der Waals surface area contributed by atoms with Crippen LogP contribution >= 0.6 is 0 Å². The van der Waals surface area contributed by atoms with Gasteiger partial charge < -0.3 is 10.2 Å². The zero-order chi connectivity index (χ0) is 17.1. The van der Waals surface area contributed by atoms with Crippen LogP contribution in [-0.4, -0.2) is 25.0 Å². The molecule has 1 heterocycles. The van der Waals surface area contributed by atoms with E-state index in [9.17, 15) is 4.79 Å². The maximum Gasteiger partial charge on any atom is 0.251 e. The van der Waals surface area contributed by atoms with Crippen molar-refractivity contribution in [2.45, 2.75) is 18.9 Å². The maximum atomic E-state index is 12.7. The third-order valence-electron chi connectivity index (χ3n) is 5.00. The summed E-state index contributed by atoms with van der Waals surface area (Å²) in [6.07, 6.45) is 2.29. The third-order valence-corrected chi connectivity index (χ3v) is 5.00. The molecule has 0 bridgehead atoms. The smallest absolute Gasteiger partial charge is 0.251 e. The van der Waals surface area contributed by atoms with Crippen molar-refractivity contribution in [3.8, 4) is 0 Å². The Hall–Kier alpha value is -2.81. The number of anilines is 1. The SMILES string of the molecule is O=C(NC[C@@H]1CCCN1c1ccccc1)c1cccc2ccccc12. The molecule has 3 aromatic carbocycles. The van der Waals surface area contributed by atoms with Crippen LogP contribution in [0.25, 0.3) is 10.8 Å². The van der Waals surface area contributed by atoms with Gasteiger partial charge in [-0.25, -0.2) is 0 Å². The Balaban J connectivity index is 1.48. The molecule has 3 aromatic rings. The van der Waals surface area contributed by atoms with E-state index in [1.54, 1.807) is 0 Å². The molecule has 1 aliphatic heterocycles. The van der Waals surface area contributed by atoms with Gasteiger partial charge in [0.15, 0.2) is 0 Å². The van der Waals surface area contributed by atoms with Crippen LogP contribution < -0.4 is 10.2 Å². The fourth-order valence-corrected chi connectivity index (χ4v) is 3.74. The highest BCUT2D eigenvalue weighted by Crippen LogP contribution is 2.25. The number of carbonyl (C=O) groups is 1. The topological polar surface area (TPSA) is 32.3 Å². The summed E-state index contributed by atoms with van der Waals surface area (Å²) in [5.74, 6) is 0.0108. The van der Waals surface area contributed by atoms with E-state index in [4.69, 9.17) is 0 Å². The van der Waals surface area contributed by atoms with Crippen molar-refractivity contribution in [1.29, 1.82) is 0 Å². The molecule has 1 saturated heterocycles. The van der Waals surface area contributed by atoms with E-state index in [0.29, 0.717) is 12.6 Å². The van der Waals surface area contributed by atoms with E-state index in [1.165, 1.54) is 12.1 Å². The second kappa shape index (κ2) is 6.98. The molecule has 25 heavy (non-hydrogen) atoms. The van der Waals surface area contributed by atoms with Gasteiger partial charge in [-0.2, -0.15) is 0 Å². The number of nitrogens with zero attached hydrogens (tertiary/aromatic N) is 1. The molecule has 3 nitrogen and oxygen atoms in total. The summed E-state index contributed by atoms with van der Waals surface area (Å²) in [5, 5.41) is 5.26. The summed E-state index contributed by atoms with van der Waals surface area (Å²) < 4.78 is 0. The number of hydrogen-bond acceptors (Lipinski definition) is 2. The van der Waals surface area contributed by atoms with Crippen LogP contribution in [0.15, 0.2) is 72.8 Å². The van der Waals surface area contributed by atoms with E-state index < -0.39 is 0 Å². The van der Waals surface area contributed by atoms with E-state index in [0.717, 1.165) is 29.3 Å². The molecule has 1 fully saturated rings. The zero-order valence-electron chi connectivity index (χ0n) is 14.2. The minimum Gasteiger partial charge on any atom is -0.367 e. The van der Waals surface area contributed by atoms with E-state index in [-0.39, 0.29) is 5.91 Å². The molecular formula is C22H22N2O. The highest BCUT2D eigenvalue weighted by atomic mass is 16.1. The highest BCUT2D eigenvalue weighted by molar-refractivity contribution is 6.07. The number of fused-ring (bicyclic) bond motifs is 1. The van der Waals surface area contributed by atoms with Gasteiger partial charge in [0.25, 0.3) is 5.91 Å². The average Bonchev–Trinajstić information content (AvgIpc) is 3.15. The molecule has 0 aliphatic carbocycles. The number of nitrogens with one attached hydrogen (secondary N) is 1. The molecule has 1 amide bonds. The number of benzene rings is 3. The number of amides is 1. The molecule has 0 spiro atoms. The van der Waals surface area contributed by atoms with Crippen molar-refractivity contribution < 1.29 is 4.79 Å². The van der Waals surface area contributed by atoms with Crippen molar-refractivity contribution in [3.63, 3.8) is 0 Å². The van der Waals surface area contributed by atoms with Crippen LogP contribution in [0, 0.1) is 0 Å². The lowest BCUT2D eigenvalue weighted by molar-refractivity contribution is 0.0953. The molecule has 4 rings (SSSR count). The number of carbonyl (C=O) groups excluding carboxylic acids is 1. The monoisotopic (exact) mass is 330 g/mol. The van der Waals surface area contributed by atoms with Gasteiger partial charge in [-0.15, -0.1) is 0 Å². The third kappa shape index (κ3) is 3.22. The van der Waals surface area contributed by atoms with Crippen LogP contribution in [0.3, 0.4) is 0 Å². The fourth-order valence-electron chi connectivity index (χ4n) is 3.74. The standard InChI is InChI=1S/C22H22N2O/c25-22(21-14-6-9-17-8-4-5-13-20(17)21)23-16-19-12-7-15-24(19)18-10-2-1-3-11-18/h1-6,8-11,13-14,19H,7,12,15-16H2,(H,23,25)/t19-/m0/s1. The Morgan fingerprint density at radius 2 is 1.72 bits per heavy atom. The molecule has 0 aromatic heterocycles. The van der Waals surface area contributed by atoms with Crippen LogP contribution in [-0.2, 0) is 0 Å². The highest BCUT2D eigenvalue weighted by Gasteiger charge is 2.25. The van der Waals surface area contributed by atoms with Gasteiger partial charge in [0, 0.05) is 30.4 Å². The average molecular weight is 330 g/mol. The largest absolute Gasteiger partial charge is 0.367 e. The number of hydrogen-bond donors (Lipinski definition) is 1. The van der Waals surface area contributed by atoms with E-state index >= 15 is 0 Å². The first kappa shape index (κ1) is 15.7. The molecule has 126 valence electrons. The first-order valence-electron chi connectivity index (χ1n) is 8.90. The predicted octanol–water partition coefficient (Wildman–Crippen LogP) is 4.24. The molecule has 1 atom stereocenters. The van der Waals surface area contributed by atoms with Crippen molar-refractivity contribution in [2.75, 3.05) is 18.0 Å². The Bertz CT molecular complexity index is 870. The van der Waals surface area contributed by atoms with Gasteiger partial charge in [-0.1, -0.05) is 54.6 Å². The molecule has 0 saturated carbocycles. The lowest BCUT2D eigenvalue weighted by Gasteiger charge is -2.27. The predicted molar refractivity (Wildman–Crippen MR) is 103 cm³/mol. The summed E-state index contributed by atoms with van der Waals surface area (Å²) in [4.78, 5) is 15.1. The first-order chi connectivity index (χ1) is 12.3. The zero-order valence-corrected chi connectivity index (χ0v) is 14.2. The van der Waals surface area contributed by atoms with Gasteiger partial charge in [0.05, 0.1) is 0 Å². The van der Waals surface area contributed by atoms with Gasteiger partial charge in [-0.05, 0) is 41.8 Å². The van der Waals surface area contributed by atoms with Gasteiger partial charge in [-0.3, -0.25) is 4.79 Å². The quantitative estimate of drug-likeness (QED) is 0.776. The summed E-state index contributed by atoms with van der Waals surface area (Å²) in [7, 11) is 0. The van der Waals surface area contributed by atoms with Crippen LogP contribution in [0.2, 0.25) is 0 Å². The van der Waals surface area contributed by atoms with Crippen LogP contribution in [0.5, 0.6) is 0 Å². The fraction of sp³-hybridized carbons (Fsp3) is 0.227. The molecule has 1 N–H and O–H groups in total. The van der Waals surface area contributed by atoms with Gasteiger partial charge >= 0.3 is 0 Å². The normalized spacial score (nSPS) is 17.0. The summed E-state index contributed by atoms with van der Waals surface area (Å²) >= 11 is 0. The second-order valence-electron chi connectivity index (χ2n) is 6.56. The minimum absolute atomic E-state index is 0.0108. The van der Waals surface area contributed by atoms with Crippen LogP contribution in [0.4, 0.5) is 5.69 Å². The summed E-state index contributed by atoms with van der Waals surface area (Å²) in [6.45, 7) is 1.73. The molecule has 1 aliphatic rings. The van der Waals surface area contributed by atoms with Crippen molar-refractivity contribution in [1.82, 2.24) is 5.32 Å². The second-order valence-corrected chi connectivity index (χ2v) is 6.56.